The van der Waals surface area contributed by atoms with Crippen molar-refractivity contribution in [3.05, 3.63) is 114 Å². The van der Waals surface area contributed by atoms with Gasteiger partial charge >= 0.3 is 0 Å². The lowest BCUT2D eigenvalue weighted by Gasteiger charge is -2.34. The molecule has 148 valence electrons. The number of hydrogen-bond acceptors (Lipinski definition) is 2. The van der Waals surface area contributed by atoms with Crippen LogP contribution in [-0.4, -0.2) is 12.2 Å². The minimum Gasteiger partial charge on any atom is -0.508 e. The monoisotopic (exact) mass is 616 g/mol. The van der Waals surface area contributed by atoms with Gasteiger partial charge in [-0.3, -0.25) is 0 Å². The van der Waals surface area contributed by atoms with E-state index in [4.69, 9.17) is 4.74 Å². The van der Waals surface area contributed by atoms with Crippen molar-refractivity contribution in [1.82, 2.24) is 0 Å². The molecule has 0 aliphatic heterocycles. The summed E-state index contributed by atoms with van der Waals surface area (Å²) in [5, 5.41) is 11.1. The molecule has 5 rings (SSSR count). The molecule has 0 spiro atoms. The highest BCUT2D eigenvalue weighted by Gasteiger charge is 2.47. The second-order valence-corrected chi connectivity index (χ2v) is 9.87. The third-order valence-electron chi connectivity index (χ3n) is 5.89. The Bertz CT molecular complexity index is 1210. The van der Waals surface area contributed by atoms with Gasteiger partial charge in [0.05, 0.1) is 12.5 Å². The van der Waals surface area contributed by atoms with Gasteiger partial charge in [-0.05, 0) is 115 Å². The molecule has 2 nitrogen and oxygen atoms in total. The largest absolute Gasteiger partial charge is 0.508 e. The molecule has 0 fully saturated rings. The van der Waals surface area contributed by atoms with Gasteiger partial charge < -0.3 is 9.84 Å². The number of phenols is 1. The van der Waals surface area contributed by atoms with E-state index >= 15 is 0 Å². The summed E-state index contributed by atoms with van der Waals surface area (Å²) in [6, 6.07) is 29.1. The quantitative estimate of drug-likeness (QED) is 0.222. The Balaban J connectivity index is 1.97. The van der Waals surface area contributed by atoms with Crippen molar-refractivity contribution in [3.63, 3.8) is 0 Å². The van der Waals surface area contributed by atoms with Crippen molar-refractivity contribution in [2.24, 2.45) is 0 Å². The van der Waals surface area contributed by atoms with E-state index in [9.17, 15) is 5.11 Å². The molecule has 0 amide bonds. The average Bonchev–Trinajstić information content (AvgIpc) is 3.03. The molecule has 4 aromatic carbocycles. The molecule has 4 heteroatoms. The van der Waals surface area contributed by atoms with Gasteiger partial charge in [-0.25, -0.2) is 0 Å². The Morgan fingerprint density at radius 3 is 1.80 bits per heavy atom. The van der Waals surface area contributed by atoms with Gasteiger partial charge in [0.1, 0.15) is 11.5 Å². The third kappa shape index (κ3) is 2.87. The van der Waals surface area contributed by atoms with E-state index in [2.05, 4.69) is 93.7 Å². The normalized spacial score (nSPS) is 13.6. The molecule has 0 heterocycles. The van der Waals surface area contributed by atoms with Crippen LogP contribution in [0.2, 0.25) is 0 Å². The molecule has 0 aromatic heterocycles. The molecule has 0 unspecified atom stereocenters. The molecule has 4 aromatic rings. The van der Waals surface area contributed by atoms with Crippen LogP contribution in [-0.2, 0) is 5.41 Å². The van der Waals surface area contributed by atoms with E-state index < -0.39 is 5.41 Å². The zero-order valence-electron chi connectivity index (χ0n) is 16.2. The van der Waals surface area contributed by atoms with E-state index in [0.29, 0.717) is 5.75 Å². The second-order valence-electron chi connectivity index (χ2n) is 7.38. The van der Waals surface area contributed by atoms with Crippen LogP contribution in [0.1, 0.15) is 22.3 Å². The minimum absolute atomic E-state index is 0.296. The average molecular weight is 616 g/mol. The van der Waals surface area contributed by atoms with E-state index in [0.717, 1.165) is 16.9 Å². The summed E-state index contributed by atoms with van der Waals surface area (Å²) in [4.78, 5) is 0. The predicted octanol–water partition coefficient (Wildman–Crippen LogP) is 6.97. The zero-order chi connectivity index (χ0) is 20.9. The van der Waals surface area contributed by atoms with E-state index in [-0.39, 0.29) is 0 Å². The fourth-order valence-electron chi connectivity index (χ4n) is 4.66. The van der Waals surface area contributed by atoms with Gasteiger partial charge in [-0.2, -0.15) is 0 Å². The van der Waals surface area contributed by atoms with Crippen molar-refractivity contribution in [1.29, 1.82) is 0 Å². The summed E-state index contributed by atoms with van der Waals surface area (Å²) in [5.74, 6) is 1.11. The van der Waals surface area contributed by atoms with Gasteiger partial charge in [0.2, 0.25) is 0 Å². The number of aromatic hydroxyl groups is 1. The van der Waals surface area contributed by atoms with E-state index in [1.807, 2.05) is 30.3 Å². The minimum atomic E-state index is -0.607. The molecule has 0 radical (unpaired) electrons. The Kier molecular flexibility index (Phi) is 5.01. The molecule has 0 saturated carbocycles. The molecule has 30 heavy (non-hydrogen) atoms. The summed E-state index contributed by atoms with van der Waals surface area (Å²) in [7, 11) is 1.68. The van der Waals surface area contributed by atoms with Crippen molar-refractivity contribution in [3.8, 4) is 22.6 Å². The van der Waals surface area contributed by atoms with Gasteiger partial charge in [0.25, 0.3) is 0 Å². The maximum absolute atomic E-state index is 11.1. The number of benzene rings is 4. The standard InChI is InChI=1S/C26H18I2O2/c1-30-19-10-6-16(7-11-19)26(22-4-2-3-5-25(22)29)23-14-17(27)8-12-20(23)21-13-9-18(28)15-24(21)26/h2-15,29H,1H3. The first-order valence-electron chi connectivity index (χ1n) is 9.59. The fraction of sp³-hybridized carbons (Fsp3) is 0.0769. The predicted molar refractivity (Wildman–Crippen MR) is 137 cm³/mol. The SMILES string of the molecule is COc1ccc(C2(c3ccccc3O)c3cc(I)ccc3-c3ccc(I)cc32)cc1. The van der Waals surface area contributed by atoms with E-state index in [1.54, 1.807) is 13.2 Å². The Morgan fingerprint density at radius 2 is 1.27 bits per heavy atom. The Labute approximate surface area is 203 Å². The molecular formula is C26H18I2O2. The van der Waals surface area contributed by atoms with Crippen molar-refractivity contribution >= 4 is 45.2 Å². The number of rotatable bonds is 3. The molecule has 1 aliphatic rings. The van der Waals surface area contributed by atoms with Crippen LogP contribution in [0.15, 0.2) is 84.9 Å². The Morgan fingerprint density at radius 1 is 0.700 bits per heavy atom. The highest BCUT2D eigenvalue weighted by atomic mass is 127. The smallest absolute Gasteiger partial charge is 0.120 e. The molecule has 0 atom stereocenters. The number of para-hydroxylation sites is 1. The lowest BCUT2D eigenvalue weighted by Crippen LogP contribution is -2.29. The summed E-state index contributed by atoms with van der Waals surface area (Å²) in [6.45, 7) is 0. The van der Waals surface area contributed by atoms with Gasteiger partial charge in [-0.15, -0.1) is 0 Å². The van der Waals surface area contributed by atoms with Crippen LogP contribution in [0.3, 0.4) is 0 Å². The first-order chi connectivity index (χ1) is 14.6. The molecule has 1 N–H and O–H groups in total. The molecule has 1 aliphatic carbocycles. The van der Waals surface area contributed by atoms with Gasteiger partial charge in [0, 0.05) is 12.7 Å². The summed E-state index contributed by atoms with van der Waals surface area (Å²) >= 11 is 4.74. The van der Waals surface area contributed by atoms with E-state index in [1.165, 1.54) is 29.4 Å². The summed E-state index contributed by atoms with van der Waals surface area (Å²) < 4.78 is 7.76. The number of methoxy groups -OCH3 is 1. The van der Waals surface area contributed by atoms with Crippen molar-refractivity contribution in [2.45, 2.75) is 5.41 Å². The van der Waals surface area contributed by atoms with Crippen LogP contribution < -0.4 is 4.74 Å². The fourth-order valence-corrected chi connectivity index (χ4v) is 5.64. The van der Waals surface area contributed by atoms with Crippen LogP contribution in [0, 0.1) is 7.14 Å². The van der Waals surface area contributed by atoms with Crippen LogP contribution in [0.4, 0.5) is 0 Å². The summed E-state index contributed by atoms with van der Waals surface area (Å²) in [6.07, 6.45) is 0. The maximum Gasteiger partial charge on any atom is 0.120 e. The first-order valence-corrected chi connectivity index (χ1v) is 11.7. The van der Waals surface area contributed by atoms with Crippen LogP contribution >= 0.6 is 45.2 Å². The highest BCUT2D eigenvalue weighted by Crippen LogP contribution is 2.58. The van der Waals surface area contributed by atoms with Gasteiger partial charge in [-0.1, -0.05) is 42.5 Å². The second kappa shape index (κ2) is 7.57. The molecule has 0 saturated heterocycles. The molecular weight excluding hydrogens is 598 g/mol. The number of halogens is 2. The maximum atomic E-state index is 11.1. The molecule has 0 bridgehead atoms. The van der Waals surface area contributed by atoms with Crippen LogP contribution in [0.25, 0.3) is 11.1 Å². The number of phenolic OH excluding ortho intramolecular Hbond substituents is 1. The number of fused-ring (bicyclic) bond motifs is 3. The number of hydrogen-bond donors (Lipinski definition) is 1. The lowest BCUT2D eigenvalue weighted by molar-refractivity contribution is 0.414. The van der Waals surface area contributed by atoms with Crippen molar-refractivity contribution < 1.29 is 9.84 Å². The highest BCUT2D eigenvalue weighted by molar-refractivity contribution is 14.1. The lowest BCUT2D eigenvalue weighted by atomic mass is 9.67. The third-order valence-corrected chi connectivity index (χ3v) is 7.23. The Hall–Kier alpha value is -2.06. The summed E-state index contributed by atoms with van der Waals surface area (Å²) in [5.41, 5.74) is 6.19. The zero-order valence-corrected chi connectivity index (χ0v) is 20.5. The van der Waals surface area contributed by atoms with Crippen LogP contribution in [0.5, 0.6) is 11.5 Å². The first kappa shape index (κ1) is 19.9. The number of ether oxygens (including phenoxy) is 1. The van der Waals surface area contributed by atoms with Gasteiger partial charge in [0.15, 0.2) is 0 Å². The van der Waals surface area contributed by atoms with Crippen molar-refractivity contribution in [2.75, 3.05) is 7.11 Å². The topological polar surface area (TPSA) is 29.5 Å².